The molecule has 5 heteroatoms. The molecule has 0 spiro atoms. The van der Waals surface area contributed by atoms with E-state index in [0.29, 0.717) is 5.57 Å². The van der Waals surface area contributed by atoms with Crippen LogP contribution in [0.15, 0.2) is 23.8 Å². The van der Waals surface area contributed by atoms with Gasteiger partial charge < -0.3 is 15.1 Å². The minimum atomic E-state index is -0.443. The van der Waals surface area contributed by atoms with Gasteiger partial charge in [0, 0.05) is 13.1 Å². The molecule has 0 radical (unpaired) electrons. The summed E-state index contributed by atoms with van der Waals surface area (Å²) >= 11 is 0. The molecule has 1 saturated heterocycles. The van der Waals surface area contributed by atoms with Crippen LogP contribution in [0.1, 0.15) is 26.2 Å². The minimum absolute atomic E-state index is 0. The van der Waals surface area contributed by atoms with E-state index >= 15 is 0 Å². The van der Waals surface area contributed by atoms with Crippen LogP contribution in [0.4, 0.5) is 0 Å². The molecule has 3 nitrogen and oxygen atoms in total. The Morgan fingerprint density at radius 1 is 1.07 bits per heavy atom. The third-order valence-corrected chi connectivity index (χ3v) is 2.23. The predicted molar refractivity (Wildman–Crippen MR) is 47.3 cm³/mol. The molecule has 0 aromatic carbocycles. The molecule has 1 aliphatic heterocycles. The van der Waals surface area contributed by atoms with Crippen molar-refractivity contribution in [2.75, 3.05) is 13.1 Å². The van der Waals surface area contributed by atoms with Crippen LogP contribution < -0.4 is 47.9 Å². The third kappa shape index (κ3) is 5.09. The van der Waals surface area contributed by atoms with Gasteiger partial charge in [0.2, 0.25) is 0 Å². The summed E-state index contributed by atoms with van der Waals surface area (Å²) in [6.45, 7) is 6.49. The molecule has 0 bridgehead atoms. The number of rotatable bonds is 2. The summed E-state index contributed by atoms with van der Waals surface area (Å²) in [5.41, 5.74) is 0.329. The molecule has 1 fully saturated rings. The summed E-state index contributed by atoms with van der Waals surface area (Å²) in [6.07, 6.45) is 3.18. The van der Waals surface area contributed by atoms with Gasteiger partial charge in [0.1, 0.15) is 0 Å². The summed E-state index contributed by atoms with van der Waals surface area (Å²) in [4.78, 5) is 1.63. The Kier molecular flexibility index (Phi) is 9.61. The van der Waals surface area contributed by atoms with Gasteiger partial charge in [-0.25, -0.2) is 0 Å². The van der Waals surface area contributed by atoms with Crippen LogP contribution in [0, 0.1) is 0 Å². The topological polar surface area (TPSA) is 49.4 Å². The van der Waals surface area contributed by atoms with Crippen molar-refractivity contribution in [3.05, 3.63) is 23.8 Å². The first-order valence-electron chi connectivity index (χ1n) is 4.62. The number of hydrogen-bond acceptors (Lipinski definition) is 3. The molecule has 1 heterocycles. The van der Waals surface area contributed by atoms with Crippen LogP contribution in [0.5, 0.6) is 0 Å². The van der Waals surface area contributed by atoms with Gasteiger partial charge in [0.05, 0.1) is 0 Å². The predicted octanol–water partition coefficient (Wildman–Crippen LogP) is -6.05. The summed E-state index contributed by atoms with van der Waals surface area (Å²) in [6, 6.07) is 0. The van der Waals surface area contributed by atoms with E-state index in [0.717, 1.165) is 32.4 Å². The van der Waals surface area contributed by atoms with Crippen LogP contribution >= 0.6 is 0 Å². The standard InChI is InChI=1S/C10H17NO2.2Li/c1-8(2)9(12)10(13)11-6-4-3-5-7-11;;/h12-13H,1,3-7H2,2H3;;/q;2*+1/p-2/b10-9+;;. The van der Waals surface area contributed by atoms with Crippen molar-refractivity contribution < 1.29 is 47.9 Å². The zero-order valence-corrected chi connectivity index (χ0v) is 10.0. The number of nitrogens with zero attached hydrogens (tertiary/aromatic N) is 1. The molecule has 1 rings (SSSR count). The maximum Gasteiger partial charge on any atom is 1.00 e. The number of hydrogen-bond donors (Lipinski definition) is 0. The Hall–Kier alpha value is 0.0748. The zero-order valence-electron chi connectivity index (χ0n) is 10.0. The van der Waals surface area contributed by atoms with Gasteiger partial charge in [0.15, 0.2) is 0 Å². The molecule has 0 atom stereocenters. The monoisotopic (exact) mass is 195 g/mol. The summed E-state index contributed by atoms with van der Waals surface area (Å²) in [7, 11) is 0. The van der Waals surface area contributed by atoms with Gasteiger partial charge in [-0.1, -0.05) is 23.8 Å². The van der Waals surface area contributed by atoms with E-state index in [4.69, 9.17) is 0 Å². The number of likely N-dealkylation sites (tertiary alicyclic amines) is 1. The Labute approximate surface area is 116 Å². The Morgan fingerprint density at radius 3 is 1.93 bits per heavy atom. The normalized spacial score (nSPS) is 17.0. The Balaban J connectivity index is 0. The van der Waals surface area contributed by atoms with Crippen LogP contribution in [-0.4, -0.2) is 18.0 Å². The molecule has 0 unspecified atom stereocenters. The SMILES string of the molecule is C=C(C)/C([O-])=C(\[O-])N1CCCCC1.[Li+].[Li+]. The van der Waals surface area contributed by atoms with Crippen molar-refractivity contribution in [2.24, 2.45) is 0 Å². The summed E-state index contributed by atoms with van der Waals surface area (Å²) in [5, 5.41) is 22.7. The van der Waals surface area contributed by atoms with E-state index in [1.54, 1.807) is 11.8 Å². The van der Waals surface area contributed by atoms with Crippen molar-refractivity contribution in [1.82, 2.24) is 4.90 Å². The van der Waals surface area contributed by atoms with E-state index in [9.17, 15) is 10.2 Å². The largest absolute Gasteiger partial charge is 1.00 e. The van der Waals surface area contributed by atoms with Crippen LogP contribution in [0.3, 0.4) is 0 Å². The first-order valence-corrected chi connectivity index (χ1v) is 4.62. The molecule has 0 aromatic heterocycles. The fourth-order valence-electron chi connectivity index (χ4n) is 1.42. The number of allylic oxidation sites excluding steroid dienone is 1. The molecular weight excluding hydrogens is 180 g/mol. The quantitative estimate of drug-likeness (QED) is 0.250. The van der Waals surface area contributed by atoms with E-state index in [1.807, 2.05) is 0 Å². The number of piperidine rings is 1. The fraction of sp³-hybridized carbons (Fsp3) is 0.600. The van der Waals surface area contributed by atoms with E-state index in [-0.39, 0.29) is 43.6 Å². The van der Waals surface area contributed by atoms with Gasteiger partial charge in [0.25, 0.3) is 0 Å². The minimum Gasteiger partial charge on any atom is -0.872 e. The maximum atomic E-state index is 11.5. The second-order valence-corrected chi connectivity index (χ2v) is 3.46. The van der Waals surface area contributed by atoms with E-state index in [1.165, 1.54) is 0 Å². The average Bonchev–Trinajstić information content (AvgIpc) is 2.17. The Bertz CT molecular complexity index is 236. The fourth-order valence-corrected chi connectivity index (χ4v) is 1.42. The summed E-state index contributed by atoms with van der Waals surface area (Å²) in [5.74, 6) is -0.825. The van der Waals surface area contributed by atoms with Crippen molar-refractivity contribution in [3.63, 3.8) is 0 Å². The van der Waals surface area contributed by atoms with Crippen molar-refractivity contribution >= 4 is 0 Å². The Morgan fingerprint density at radius 2 is 1.53 bits per heavy atom. The second-order valence-electron chi connectivity index (χ2n) is 3.46. The zero-order chi connectivity index (χ0) is 9.84. The smallest absolute Gasteiger partial charge is 0.872 e. The van der Waals surface area contributed by atoms with Crippen molar-refractivity contribution in [1.29, 1.82) is 0 Å². The van der Waals surface area contributed by atoms with Crippen LogP contribution in [0.25, 0.3) is 0 Å². The van der Waals surface area contributed by atoms with E-state index < -0.39 is 5.76 Å². The van der Waals surface area contributed by atoms with Crippen LogP contribution in [0.2, 0.25) is 0 Å². The van der Waals surface area contributed by atoms with Crippen molar-refractivity contribution in [2.45, 2.75) is 26.2 Å². The summed E-state index contributed by atoms with van der Waals surface area (Å²) < 4.78 is 0. The van der Waals surface area contributed by atoms with Gasteiger partial charge in [-0.2, -0.15) is 0 Å². The molecule has 15 heavy (non-hydrogen) atoms. The first-order chi connectivity index (χ1) is 6.13. The van der Waals surface area contributed by atoms with Crippen LogP contribution in [-0.2, 0) is 0 Å². The third-order valence-electron chi connectivity index (χ3n) is 2.23. The average molecular weight is 195 g/mol. The van der Waals surface area contributed by atoms with E-state index in [2.05, 4.69) is 6.58 Å². The van der Waals surface area contributed by atoms with Gasteiger partial charge in [-0.3, -0.25) is 0 Å². The van der Waals surface area contributed by atoms with Gasteiger partial charge in [-0.05, 0) is 26.2 Å². The molecule has 0 aliphatic carbocycles. The second kappa shape index (κ2) is 8.25. The molecule has 0 aromatic rings. The van der Waals surface area contributed by atoms with Gasteiger partial charge >= 0.3 is 37.7 Å². The molecule has 0 N–H and O–H groups in total. The molecule has 1 aliphatic rings. The molecule has 74 valence electrons. The van der Waals surface area contributed by atoms with Crippen molar-refractivity contribution in [3.8, 4) is 0 Å². The molecular formula is C10H15Li2NO2. The maximum absolute atomic E-state index is 11.5. The molecule has 0 amide bonds. The molecule has 0 saturated carbocycles. The first kappa shape index (κ1) is 17.5. The van der Waals surface area contributed by atoms with Gasteiger partial charge in [-0.15, -0.1) is 0 Å².